The maximum Gasteiger partial charge on any atom is 0.335 e. The molecule has 0 aliphatic rings. The van der Waals surface area contributed by atoms with Crippen LogP contribution in [0.3, 0.4) is 0 Å². The fraction of sp³-hybridized carbons (Fsp3) is 0.647. The Morgan fingerprint density at radius 1 is 0.875 bits per heavy atom. The van der Waals surface area contributed by atoms with Crippen LogP contribution in [0, 0.1) is 11.8 Å². The third-order valence-electron chi connectivity index (χ3n) is 6.76. The van der Waals surface area contributed by atoms with Crippen LogP contribution >= 0.6 is 0 Å². The predicted octanol–water partition coefficient (Wildman–Crippen LogP) is 6.79. The van der Waals surface area contributed by atoms with Crippen LogP contribution in [0.1, 0.15) is 103 Å². The lowest BCUT2D eigenvalue weighted by molar-refractivity contribution is -0.138. The van der Waals surface area contributed by atoms with Gasteiger partial charge in [0.15, 0.2) is 0 Å². The first-order valence-corrected chi connectivity index (χ1v) is 15.1. The number of aryl methyl sites for hydroxylation is 2. The minimum atomic E-state index is -0.528. The summed E-state index contributed by atoms with van der Waals surface area (Å²) in [4.78, 5) is 20.0. The van der Waals surface area contributed by atoms with Crippen molar-refractivity contribution in [2.45, 2.75) is 105 Å². The Kier molecular flexibility index (Phi) is 28.2. The molecule has 230 valence electrons. The number of aliphatic hydroxyl groups excluding tert-OH is 3. The van der Waals surface area contributed by atoms with Crippen LogP contribution in [-0.2, 0) is 27.2 Å². The molecule has 1 rings (SSSR count). The molecule has 6 nitrogen and oxygen atoms in total. The molecule has 0 spiro atoms. The molecular formula is C34H58O6. The van der Waals surface area contributed by atoms with E-state index in [9.17, 15) is 9.59 Å². The molecule has 0 fully saturated rings. The van der Waals surface area contributed by atoms with Crippen molar-refractivity contribution in [2.75, 3.05) is 26.4 Å². The van der Waals surface area contributed by atoms with Gasteiger partial charge in [-0.15, -0.1) is 0 Å². The normalized spacial score (nSPS) is 11.7. The van der Waals surface area contributed by atoms with Crippen LogP contribution < -0.4 is 0 Å². The van der Waals surface area contributed by atoms with E-state index in [1.165, 1.54) is 81.8 Å². The molecule has 0 aliphatic heterocycles. The van der Waals surface area contributed by atoms with E-state index in [0.29, 0.717) is 19.5 Å². The number of aliphatic hydroxyl groups is 3. The molecular weight excluding hydrogens is 504 g/mol. The first-order valence-electron chi connectivity index (χ1n) is 15.1. The van der Waals surface area contributed by atoms with Gasteiger partial charge in [-0.2, -0.15) is 0 Å². The largest absolute Gasteiger partial charge is 0.463 e. The SMILES string of the molecule is C=C(C=O)CO.C=C(CO)C(=O)OCC.CCCCCc1ccc(CCC(CCCCCO)CC(C)CC)cc1. The molecule has 0 bridgehead atoms. The summed E-state index contributed by atoms with van der Waals surface area (Å²) >= 11 is 0. The summed E-state index contributed by atoms with van der Waals surface area (Å²) in [7, 11) is 0. The minimum absolute atomic E-state index is 0.0943. The average Bonchev–Trinajstić information content (AvgIpc) is 2.98. The lowest BCUT2D eigenvalue weighted by atomic mass is 9.85. The molecule has 40 heavy (non-hydrogen) atoms. The molecule has 2 unspecified atom stereocenters. The van der Waals surface area contributed by atoms with Gasteiger partial charge in [0.25, 0.3) is 0 Å². The Labute approximate surface area is 244 Å². The molecule has 3 N–H and O–H groups in total. The Hall–Kier alpha value is -2.28. The van der Waals surface area contributed by atoms with Crippen molar-refractivity contribution < 1.29 is 29.6 Å². The highest BCUT2D eigenvalue weighted by Crippen LogP contribution is 2.25. The zero-order valence-electron chi connectivity index (χ0n) is 25.8. The summed E-state index contributed by atoms with van der Waals surface area (Å²) in [6, 6.07) is 9.40. The lowest BCUT2D eigenvalue weighted by Gasteiger charge is -2.20. The number of aldehydes is 1. The van der Waals surface area contributed by atoms with E-state index in [-0.39, 0.29) is 24.4 Å². The fourth-order valence-corrected chi connectivity index (χ4v) is 3.99. The fourth-order valence-electron chi connectivity index (χ4n) is 3.99. The quantitative estimate of drug-likeness (QED) is 0.0700. The first-order chi connectivity index (χ1) is 19.2. The number of hydrogen-bond donors (Lipinski definition) is 3. The molecule has 0 heterocycles. The number of ether oxygens (including phenoxy) is 1. The maximum absolute atomic E-state index is 10.5. The summed E-state index contributed by atoms with van der Waals surface area (Å²) in [5.74, 6) is 1.15. The van der Waals surface area contributed by atoms with E-state index < -0.39 is 5.97 Å². The van der Waals surface area contributed by atoms with Gasteiger partial charge in [0, 0.05) is 12.2 Å². The molecule has 1 aromatic rings. The number of hydrogen-bond acceptors (Lipinski definition) is 6. The van der Waals surface area contributed by atoms with Crippen LogP contribution in [-0.4, -0.2) is 54.0 Å². The Balaban J connectivity index is 0. The van der Waals surface area contributed by atoms with E-state index >= 15 is 0 Å². The number of esters is 1. The smallest absolute Gasteiger partial charge is 0.335 e. The summed E-state index contributed by atoms with van der Waals surface area (Å²) in [6.45, 7) is 15.2. The molecule has 0 saturated carbocycles. The highest BCUT2D eigenvalue weighted by atomic mass is 16.5. The second-order valence-corrected chi connectivity index (χ2v) is 10.4. The second-order valence-electron chi connectivity index (χ2n) is 10.4. The third-order valence-corrected chi connectivity index (χ3v) is 6.76. The van der Waals surface area contributed by atoms with Gasteiger partial charge >= 0.3 is 5.97 Å². The average molecular weight is 563 g/mol. The molecule has 0 radical (unpaired) electrons. The second kappa shape index (κ2) is 28.3. The van der Waals surface area contributed by atoms with E-state index in [0.717, 1.165) is 18.3 Å². The maximum atomic E-state index is 10.5. The van der Waals surface area contributed by atoms with E-state index in [4.69, 9.17) is 15.3 Å². The molecule has 2 atom stereocenters. The van der Waals surface area contributed by atoms with E-state index in [2.05, 4.69) is 62.9 Å². The summed E-state index contributed by atoms with van der Waals surface area (Å²) in [5.41, 5.74) is 3.31. The molecule has 0 saturated heterocycles. The highest BCUT2D eigenvalue weighted by molar-refractivity contribution is 5.87. The zero-order chi connectivity index (χ0) is 30.6. The van der Waals surface area contributed by atoms with Crippen molar-refractivity contribution in [3.8, 4) is 0 Å². The van der Waals surface area contributed by atoms with Gasteiger partial charge in [0.2, 0.25) is 0 Å². The predicted molar refractivity (Wildman–Crippen MR) is 166 cm³/mol. The standard InChI is InChI=1S/C24H42O.C6H10O3.C4H6O2/c1-4-6-8-11-22-13-15-23(16-14-22)17-18-24(20-21(3)5-2)12-9-7-10-19-25;1-3-9-6(8)5(2)4-7;1-4(2-5)3-6/h13-16,21,24-25H,4-12,17-20H2,1-3H3;7H,2-4H2,1H3;2,6H,1,3H2. The molecule has 6 heteroatoms. The van der Waals surface area contributed by atoms with Crippen molar-refractivity contribution >= 4 is 12.3 Å². The van der Waals surface area contributed by atoms with Crippen LogP contribution in [0.4, 0.5) is 0 Å². The Morgan fingerprint density at radius 2 is 1.50 bits per heavy atom. The number of unbranched alkanes of at least 4 members (excludes halogenated alkanes) is 4. The van der Waals surface area contributed by atoms with Crippen molar-refractivity contribution in [1.29, 1.82) is 0 Å². The monoisotopic (exact) mass is 562 g/mol. The van der Waals surface area contributed by atoms with Gasteiger partial charge in [-0.3, -0.25) is 4.79 Å². The van der Waals surface area contributed by atoms with Crippen molar-refractivity contribution in [3.05, 3.63) is 59.7 Å². The van der Waals surface area contributed by atoms with Crippen molar-refractivity contribution in [3.63, 3.8) is 0 Å². The lowest BCUT2D eigenvalue weighted by Crippen LogP contribution is -2.08. The molecule has 0 amide bonds. The van der Waals surface area contributed by atoms with Gasteiger partial charge < -0.3 is 20.1 Å². The van der Waals surface area contributed by atoms with Crippen molar-refractivity contribution in [2.24, 2.45) is 11.8 Å². The number of carbonyl (C=O) groups is 2. The number of carbonyl (C=O) groups excluding carboxylic acids is 2. The van der Waals surface area contributed by atoms with Gasteiger partial charge in [0.1, 0.15) is 6.29 Å². The summed E-state index contributed by atoms with van der Waals surface area (Å²) < 4.78 is 4.50. The van der Waals surface area contributed by atoms with Crippen LogP contribution in [0.15, 0.2) is 48.6 Å². The summed E-state index contributed by atoms with van der Waals surface area (Å²) in [5, 5.41) is 25.3. The Bertz CT molecular complexity index is 771. The van der Waals surface area contributed by atoms with Gasteiger partial charge in [-0.05, 0) is 68.4 Å². The third kappa shape index (κ3) is 23.6. The highest BCUT2D eigenvalue weighted by Gasteiger charge is 2.13. The molecule has 0 aliphatic carbocycles. The first kappa shape index (κ1) is 39.9. The van der Waals surface area contributed by atoms with Crippen LogP contribution in [0.25, 0.3) is 0 Å². The number of rotatable bonds is 20. The van der Waals surface area contributed by atoms with Crippen LogP contribution in [0.5, 0.6) is 0 Å². The number of benzene rings is 1. The summed E-state index contributed by atoms with van der Waals surface area (Å²) in [6.07, 6.45) is 15.7. The zero-order valence-corrected chi connectivity index (χ0v) is 25.8. The van der Waals surface area contributed by atoms with E-state index in [1.54, 1.807) is 6.92 Å². The van der Waals surface area contributed by atoms with Gasteiger partial charge in [-0.1, -0.05) is 96.7 Å². The van der Waals surface area contributed by atoms with Crippen LogP contribution in [0.2, 0.25) is 0 Å². The minimum Gasteiger partial charge on any atom is -0.463 e. The van der Waals surface area contributed by atoms with E-state index in [1.807, 2.05) is 0 Å². The van der Waals surface area contributed by atoms with Crippen molar-refractivity contribution in [1.82, 2.24) is 0 Å². The molecule has 1 aromatic carbocycles. The van der Waals surface area contributed by atoms with Gasteiger partial charge in [0.05, 0.1) is 25.4 Å². The Morgan fingerprint density at radius 3 is 1.95 bits per heavy atom. The topological polar surface area (TPSA) is 104 Å². The molecule has 0 aromatic heterocycles. The van der Waals surface area contributed by atoms with Gasteiger partial charge in [-0.25, -0.2) is 4.79 Å².